The lowest BCUT2D eigenvalue weighted by Gasteiger charge is -1.97. The first-order valence-electron chi connectivity index (χ1n) is 2.53. The van der Waals surface area contributed by atoms with E-state index in [0.29, 0.717) is 0 Å². The summed E-state index contributed by atoms with van der Waals surface area (Å²) in [4.78, 5) is 10.1. The Morgan fingerprint density at radius 2 is 2.38 bits per heavy atom. The monoisotopic (exact) mass is 119 g/mol. The van der Waals surface area contributed by atoms with Crippen molar-refractivity contribution >= 4 is 5.78 Å². The van der Waals surface area contributed by atoms with Crippen LogP contribution in [0.25, 0.3) is 0 Å². The molecular weight excluding hydrogens is 109 g/mol. The number of halogens is 1. The summed E-state index contributed by atoms with van der Waals surface area (Å²) < 4.78 is 12.1. The molecule has 0 saturated carbocycles. The predicted octanol–water partition coefficient (Wildman–Crippen LogP) is 0.262. The quantitative estimate of drug-likeness (QED) is 0.579. The predicted molar refractivity (Wildman–Crippen MR) is 29.2 cm³/mol. The number of carbonyl (C=O) groups is 1. The first-order valence-corrected chi connectivity index (χ1v) is 2.53. The topological polar surface area (TPSA) is 43.1 Å². The van der Waals surface area contributed by atoms with E-state index in [-0.39, 0.29) is 13.0 Å². The van der Waals surface area contributed by atoms with E-state index >= 15 is 0 Å². The zero-order chi connectivity index (χ0) is 6.57. The molecule has 0 aromatic rings. The Morgan fingerprint density at radius 1 is 1.88 bits per heavy atom. The van der Waals surface area contributed by atoms with Gasteiger partial charge in [0.2, 0.25) is 0 Å². The van der Waals surface area contributed by atoms with Gasteiger partial charge in [-0.3, -0.25) is 4.79 Å². The van der Waals surface area contributed by atoms with Gasteiger partial charge in [0.25, 0.3) is 0 Å². The van der Waals surface area contributed by atoms with Gasteiger partial charge in [-0.1, -0.05) is 0 Å². The first kappa shape index (κ1) is 7.56. The summed E-state index contributed by atoms with van der Waals surface area (Å²) >= 11 is 0. The third kappa shape index (κ3) is 2.69. The van der Waals surface area contributed by atoms with Crippen LogP contribution in [0.4, 0.5) is 4.39 Å². The minimum absolute atomic E-state index is 0.148. The molecule has 2 N–H and O–H groups in total. The van der Waals surface area contributed by atoms with Crippen LogP contribution in [0.2, 0.25) is 0 Å². The molecule has 0 aromatic carbocycles. The Bertz CT molecular complexity index is 84.5. The van der Waals surface area contributed by atoms with E-state index in [1.54, 1.807) is 0 Å². The fourth-order valence-electron chi connectivity index (χ4n) is 0.350. The molecule has 0 aliphatic carbocycles. The first-order chi connectivity index (χ1) is 3.68. The van der Waals surface area contributed by atoms with Crippen molar-refractivity contribution in [3.8, 4) is 0 Å². The van der Waals surface area contributed by atoms with Crippen LogP contribution in [0.3, 0.4) is 0 Å². The van der Waals surface area contributed by atoms with Gasteiger partial charge in [-0.05, 0) is 19.9 Å². The SMILES string of the molecule is CC(=O)C(F)CCN. The van der Waals surface area contributed by atoms with Gasteiger partial charge in [0.05, 0.1) is 0 Å². The number of ketones is 1. The van der Waals surface area contributed by atoms with Gasteiger partial charge >= 0.3 is 0 Å². The highest BCUT2D eigenvalue weighted by Crippen LogP contribution is 1.95. The van der Waals surface area contributed by atoms with Crippen LogP contribution in [0.15, 0.2) is 0 Å². The van der Waals surface area contributed by atoms with Crippen LogP contribution in [-0.4, -0.2) is 18.5 Å². The zero-order valence-corrected chi connectivity index (χ0v) is 4.86. The van der Waals surface area contributed by atoms with Crippen molar-refractivity contribution in [3.63, 3.8) is 0 Å². The molecule has 1 unspecified atom stereocenters. The maximum absolute atomic E-state index is 12.1. The molecule has 0 spiro atoms. The van der Waals surface area contributed by atoms with Gasteiger partial charge in [-0.2, -0.15) is 0 Å². The summed E-state index contributed by atoms with van der Waals surface area (Å²) in [5.41, 5.74) is 4.97. The molecule has 0 aromatic heterocycles. The second kappa shape index (κ2) is 3.55. The molecule has 0 aliphatic heterocycles. The van der Waals surface area contributed by atoms with E-state index in [0.717, 1.165) is 0 Å². The fourth-order valence-corrected chi connectivity index (χ4v) is 0.350. The normalized spacial score (nSPS) is 13.4. The molecule has 0 amide bonds. The molecule has 1 atom stereocenters. The Kier molecular flexibility index (Phi) is 3.35. The van der Waals surface area contributed by atoms with Crippen molar-refractivity contribution in [2.24, 2.45) is 5.73 Å². The second-order valence-corrected chi connectivity index (χ2v) is 1.66. The maximum Gasteiger partial charge on any atom is 0.163 e. The van der Waals surface area contributed by atoms with E-state index in [4.69, 9.17) is 5.73 Å². The number of nitrogens with two attached hydrogens (primary N) is 1. The Morgan fingerprint density at radius 3 is 2.50 bits per heavy atom. The van der Waals surface area contributed by atoms with E-state index < -0.39 is 12.0 Å². The van der Waals surface area contributed by atoms with Crippen molar-refractivity contribution < 1.29 is 9.18 Å². The van der Waals surface area contributed by atoms with Crippen LogP contribution in [0.5, 0.6) is 0 Å². The van der Waals surface area contributed by atoms with Crippen LogP contribution >= 0.6 is 0 Å². The summed E-state index contributed by atoms with van der Waals surface area (Å²) in [6.45, 7) is 1.46. The molecule has 8 heavy (non-hydrogen) atoms. The van der Waals surface area contributed by atoms with E-state index in [2.05, 4.69) is 0 Å². The van der Waals surface area contributed by atoms with Crippen molar-refractivity contribution in [1.29, 1.82) is 0 Å². The van der Waals surface area contributed by atoms with Crippen molar-refractivity contribution in [2.45, 2.75) is 19.5 Å². The molecule has 2 nitrogen and oxygen atoms in total. The van der Waals surface area contributed by atoms with Crippen molar-refractivity contribution in [3.05, 3.63) is 0 Å². The molecule has 0 fully saturated rings. The molecule has 0 aliphatic rings. The summed E-state index contributed by atoms with van der Waals surface area (Å²) in [5.74, 6) is -0.435. The van der Waals surface area contributed by atoms with E-state index in [1.165, 1.54) is 6.92 Å². The number of Topliss-reactive ketones (excluding diaryl/α,β-unsaturated/α-hetero) is 1. The maximum atomic E-state index is 12.1. The highest BCUT2D eigenvalue weighted by atomic mass is 19.1. The third-order valence-corrected chi connectivity index (χ3v) is 0.861. The molecule has 0 bridgehead atoms. The van der Waals surface area contributed by atoms with Gasteiger partial charge in [0.1, 0.15) is 0 Å². The van der Waals surface area contributed by atoms with Crippen LogP contribution in [-0.2, 0) is 4.79 Å². The molecule has 0 rings (SSSR count). The summed E-state index contributed by atoms with van der Waals surface area (Å²) in [6, 6.07) is 0. The summed E-state index contributed by atoms with van der Waals surface area (Å²) in [5, 5.41) is 0. The number of hydrogen-bond donors (Lipinski definition) is 1. The summed E-state index contributed by atoms with van der Waals surface area (Å²) in [7, 11) is 0. The number of alkyl halides is 1. The summed E-state index contributed by atoms with van der Waals surface area (Å²) in [6.07, 6.45) is -1.20. The van der Waals surface area contributed by atoms with E-state index in [1.807, 2.05) is 0 Å². The van der Waals surface area contributed by atoms with Gasteiger partial charge in [0.15, 0.2) is 12.0 Å². The van der Waals surface area contributed by atoms with Gasteiger partial charge in [-0.15, -0.1) is 0 Å². The minimum atomic E-state index is -1.35. The van der Waals surface area contributed by atoms with Gasteiger partial charge in [-0.25, -0.2) is 4.39 Å². The number of rotatable bonds is 3. The third-order valence-electron chi connectivity index (χ3n) is 0.861. The fraction of sp³-hybridized carbons (Fsp3) is 0.800. The smallest absolute Gasteiger partial charge is 0.163 e. The molecule has 3 heteroatoms. The van der Waals surface area contributed by atoms with Crippen LogP contribution in [0.1, 0.15) is 13.3 Å². The molecular formula is C5H10FNO. The van der Waals surface area contributed by atoms with Crippen LogP contribution in [0, 0.1) is 0 Å². The molecule has 48 valence electrons. The van der Waals surface area contributed by atoms with Gasteiger partial charge < -0.3 is 5.73 Å². The molecule has 0 radical (unpaired) electrons. The lowest BCUT2D eigenvalue weighted by Crippen LogP contribution is -2.16. The lowest BCUT2D eigenvalue weighted by atomic mass is 10.2. The van der Waals surface area contributed by atoms with E-state index in [9.17, 15) is 9.18 Å². The Labute approximate surface area is 47.9 Å². The number of carbonyl (C=O) groups excluding carboxylic acids is 1. The minimum Gasteiger partial charge on any atom is -0.330 e. The van der Waals surface area contributed by atoms with Crippen molar-refractivity contribution in [2.75, 3.05) is 6.54 Å². The Hall–Kier alpha value is -0.440. The molecule has 0 saturated heterocycles. The zero-order valence-electron chi connectivity index (χ0n) is 4.86. The van der Waals surface area contributed by atoms with Crippen molar-refractivity contribution in [1.82, 2.24) is 0 Å². The largest absolute Gasteiger partial charge is 0.330 e. The lowest BCUT2D eigenvalue weighted by molar-refractivity contribution is -0.121. The highest BCUT2D eigenvalue weighted by Gasteiger charge is 2.08. The van der Waals surface area contributed by atoms with Gasteiger partial charge in [0, 0.05) is 0 Å². The Balaban J connectivity index is 3.32. The van der Waals surface area contributed by atoms with Crippen LogP contribution < -0.4 is 5.73 Å². The highest BCUT2D eigenvalue weighted by molar-refractivity contribution is 5.80. The average Bonchev–Trinajstić information content (AvgIpc) is 1.67. The molecule has 0 heterocycles. The standard InChI is InChI=1S/C5H10FNO/c1-4(8)5(6)2-3-7/h5H,2-3,7H2,1H3. The number of hydrogen-bond acceptors (Lipinski definition) is 2. The average molecular weight is 119 g/mol. The second-order valence-electron chi connectivity index (χ2n) is 1.66.